The van der Waals surface area contributed by atoms with Crippen molar-refractivity contribution in [2.45, 2.75) is 39.5 Å². The predicted molar refractivity (Wildman–Crippen MR) is 102 cm³/mol. The van der Waals surface area contributed by atoms with Gasteiger partial charge in [0.1, 0.15) is 5.01 Å². The molecule has 1 aromatic carbocycles. The lowest BCUT2D eigenvalue weighted by Crippen LogP contribution is -2.41. The number of nitrogens with one attached hydrogen (secondary N) is 1. The Labute approximate surface area is 157 Å². The summed E-state index contributed by atoms with van der Waals surface area (Å²) in [5, 5.41) is 12.3. The van der Waals surface area contributed by atoms with Gasteiger partial charge in [0, 0.05) is 30.6 Å². The zero-order valence-corrected chi connectivity index (χ0v) is 16.2. The van der Waals surface area contributed by atoms with E-state index in [0.717, 1.165) is 35.6 Å². The lowest BCUT2D eigenvalue weighted by Gasteiger charge is -2.32. The smallest absolute Gasteiger partial charge is 0.286 e. The van der Waals surface area contributed by atoms with Gasteiger partial charge in [-0.15, -0.1) is 10.2 Å². The van der Waals surface area contributed by atoms with Gasteiger partial charge < -0.3 is 10.2 Å². The van der Waals surface area contributed by atoms with Crippen molar-refractivity contribution >= 4 is 28.8 Å². The number of likely N-dealkylation sites (tertiary alicyclic amines) is 1. The molecule has 1 aliphatic rings. The second kappa shape index (κ2) is 7.95. The standard InChI is InChI=1S/C19H24N4O2S/c1-12(2)19(25)23-10-4-5-14(11-23)17-21-22-18(26-17)16(24)20-15-8-6-13(3)7-9-15/h6-9,12,14H,4-5,10-11H2,1-3H3,(H,20,24)/t14-/m0/s1. The minimum atomic E-state index is -0.247. The predicted octanol–water partition coefficient (Wildman–Crippen LogP) is 3.46. The molecule has 1 fully saturated rings. The first kappa shape index (κ1) is 18.5. The Morgan fingerprint density at radius 1 is 1.23 bits per heavy atom. The third kappa shape index (κ3) is 4.27. The van der Waals surface area contributed by atoms with Gasteiger partial charge in [-0.05, 0) is 31.9 Å². The van der Waals surface area contributed by atoms with Crippen molar-refractivity contribution in [3.63, 3.8) is 0 Å². The van der Waals surface area contributed by atoms with E-state index in [1.165, 1.54) is 11.3 Å². The molecule has 2 aromatic rings. The molecule has 0 aliphatic carbocycles. The van der Waals surface area contributed by atoms with E-state index < -0.39 is 0 Å². The Morgan fingerprint density at radius 2 is 1.96 bits per heavy atom. The molecular formula is C19H24N4O2S. The maximum Gasteiger partial charge on any atom is 0.286 e. The Kier molecular flexibility index (Phi) is 5.66. The summed E-state index contributed by atoms with van der Waals surface area (Å²) >= 11 is 1.32. The number of aryl methyl sites for hydroxylation is 1. The van der Waals surface area contributed by atoms with Crippen molar-refractivity contribution in [3.8, 4) is 0 Å². The van der Waals surface area contributed by atoms with Crippen LogP contribution in [-0.2, 0) is 4.79 Å². The van der Waals surface area contributed by atoms with E-state index in [-0.39, 0.29) is 23.7 Å². The number of carbonyl (C=O) groups excluding carboxylic acids is 2. The quantitative estimate of drug-likeness (QED) is 0.892. The van der Waals surface area contributed by atoms with E-state index in [1.54, 1.807) is 0 Å². The van der Waals surface area contributed by atoms with Crippen LogP contribution in [0.15, 0.2) is 24.3 Å². The summed E-state index contributed by atoms with van der Waals surface area (Å²) in [6.45, 7) is 7.30. The van der Waals surface area contributed by atoms with Crippen LogP contribution >= 0.6 is 11.3 Å². The summed E-state index contributed by atoms with van der Waals surface area (Å²) in [5.41, 5.74) is 1.88. The topological polar surface area (TPSA) is 75.2 Å². The molecule has 7 heteroatoms. The van der Waals surface area contributed by atoms with Gasteiger partial charge in [0.05, 0.1) is 0 Å². The van der Waals surface area contributed by atoms with Gasteiger partial charge in [-0.3, -0.25) is 9.59 Å². The number of anilines is 1. The van der Waals surface area contributed by atoms with Crippen molar-refractivity contribution in [1.29, 1.82) is 0 Å². The highest BCUT2D eigenvalue weighted by molar-refractivity contribution is 7.13. The van der Waals surface area contributed by atoms with Crippen molar-refractivity contribution in [2.24, 2.45) is 5.92 Å². The summed E-state index contributed by atoms with van der Waals surface area (Å²) in [7, 11) is 0. The van der Waals surface area contributed by atoms with E-state index in [9.17, 15) is 9.59 Å². The number of hydrogen-bond acceptors (Lipinski definition) is 5. The van der Waals surface area contributed by atoms with Crippen molar-refractivity contribution in [2.75, 3.05) is 18.4 Å². The van der Waals surface area contributed by atoms with Gasteiger partial charge in [0.2, 0.25) is 10.9 Å². The van der Waals surface area contributed by atoms with Gasteiger partial charge in [0.25, 0.3) is 5.91 Å². The molecule has 2 heterocycles. The van der Waals surface area contributed by atoms with Crippen LogP contribution in [-0.4, -0.2) is 40.0 Å². The highest BCUT2D eigenvalue weighted by Crippen LogP contribution is 2.30. The first-order valence-electron chi connectivity index (χ1n) is 8.94. The molecule has 26 heavy (non-hydrogen) atoms. The number of piperidine rings is 1. The van der Waals surface area contributed by atoms with Gasteiger partial charge in [0.15, 0.2) is 0 Å². The van der Waals surface area contributed by atoms with Gasteiger partial charge in [-0.2, -0.15) is 0 Å². The van der Waals surface area contributed by atoms with Crippen LogP contribution in [0.4, 0.5) is 5.69 Å². The third-order valence-corrected chi connectivity index (χ3v) is 5.61. The number of amides is 2. The molecule has 2 amide bonds. The Balaban J connectivity index is 1.66. The second-order valence-corrected chi connectivity index (χ2v) is 8.05. The average molecular weight is 372 g/mol. The molecule has 1 atom stereocenters. The Bertz CT molecular complexity index is 785. The summed E-state index contributed by atoms with van der Waals surface area (Å²) in [5.74, 6) is 0.0870. The van der Waals surface area contributed by atoms with Crippen LogP contribution < -0.4 is 5.32 Å². The van der Waals surface area contributed by atoms with Gasteiger partial charge in [-0.1, -0.05) is 42.9 Å². The molecule has 0 radical (unpaired) electrons. The maximum atomic E-state index is 12.4. The molecule has 0 unspecified atom stereocenters. The van der Waals surface area contributed by atoms with E-state index in [1.807, 2.05) is 49.9 Å². The fraction of sp³-hybridized carbons (Fsp3) is 0.474. The minimum absolute atomic E-state index is 0.000909. The number of carbonyl (C=O) groups is 2. The molecule has 0 saturated carbocycles. The van der Waals surface area contributed by atoms with Crippen LogP contribution in [0.25, 0.3) is 0 Å². The Morgan fingerprint density at radius 3 is 2.65 bits per heavy atom. The molecular weight excluding hydrogens is 348 g/mol. The summed E-state index contributed by atoms with van der Waals surface area (Å²) in [4.78, 5) is 26.5. The highest BCUT2D eigenvalue weighted by Gasteiger charge is 2.28. The first-order valence-corrected chi connectivity index (χ1v) is 9.76. The van der Waals surface area contributed by atoms with Crippen LogP contribution in [0, 0.1) is 12.8 Å². The lowest BCUT2D eigenvalue weighted by atomic mass is 9.97. The molecule has 6 nitrogen and oxygen atoms in total. The molecule has 1 aliphatic heterocycles. The fourth-order valence-corrected chi connectivity index (χ4v) is 3.92. The van der Waals surface area contributed by atoms with Crippen molar-refractivity contribution < 1.29 is 9.59 Å². The molecule has 0 bridgehead atoms. The monoisotopic (exact) mass is 372 g/mol. The molecule has 1 aromatic heterocycles. The van der Waals surface area contributed by atoms with Crippen LogP contribution in [0.2, 0.25) is 0 Å². The van der Waals surface area contributed by atoms with Crippen molar-refractivity contribution in [1.82, 2.24) is 15.1 Å². The average Bonchev–Trinajstić information content (AvgIpc) is 3.13. The summed E-state index contributed by atoms with van der Waals surface area (Å²) < 4.78 is 0. The molecule has 138 valence electrons. The minimum Gasteiger partial charge on any atom is -0.342 e. The summed E-state index contributed by atoms with van der Waals surface area (Å²) in [6, 6.07) is 7.63. The van der Waals surface area contributed by atoms with Gasteiger partial charge >= 0.3 is 0 Å². The molecule has 1 N–H and O–H groups in total. The number of nitrogens with zero attached hydrogens (tertiary/aromatic N) is 3. The van der Waals surface area contributed by atoms with Crippen molar-refractivity contribution in [3.05, 3.63) is 39.8 Å². The van der Waals surface area contributed by atoms with E-state index in [4.69, 9.17) is 0 Å². The third-order valence-electron chi connectivity index (χ3n) is 4.52. The first-order chi connectivity index (χ1) is 12.4. The normalized spacial score (nSPS) is 17.4. The molecule has 3 rings (SSSR count). The number of benzene rings is 1. The number of hydrogen-bond donors (Lipinski definition) is 1. The Hall–Kier alpha value is -2.28. The zero-order chi connectivity index (χ0) is 18.7. The maximum absolute atomic E-state index is 12.4. The van der Waals surface area contributed by atoms with Crippen LogP contribution in [0.3, 0.4) is 0 Å². The van der Waals surface area contributed by atoms with Crippen LogP contribution in [0.1, 0.15) is 53.0 Å². The number of rotatable bonds is 4. The van der Waals surface area contributed by atoms with E-state index >= 15 is 0 Å². The van der Waals surface area contributed by atoms with E-state index in [0.29, 0.717) is 11.6 Å². The highest BCUT2D eigenvalue weighted by atomic mass is 32.1. The second-order valence-electron chi connectivity index (χ2n) is 7.04. The number of aromatic nitrogens is 2. The summed E-state index contributed by atoms with van der Waals surface area (Å²) in [6.07, 6.45) is 1.92. The molecule has 1 saturated heterocycles. The van der Waals surface area contributed by atoms with Crippen LogP contribution in [0.5, 0.6) is 0 Å². The van der Waals surface area contributed by atoms with E-state index in [2.05, 4.69) is 15.5 Å². The largest absolute Gasteiger partial charge is 0.342 e. The molecule has 0 spiro atoms. The fourth-order valence-electron chi connectivity index (χ4n) is 3.06. The lowest BCUT2D eigenvalue weighted by molar-refractivity contribution is -0.135. The SMILES string of the molecule is Cc1ccc(NC(=O)c2nnc([C@H]3CCCN(C(=O)C(C)C)C3)s2)cc1. The van der Waals surface area contributed by atoms with Gasteiger partial charge in [-0.25, -0.2) is 0 Å². The zero-order valence-electron chi connectivity index (χ0n) is 15.4.